The average Bonchev–Trinajstić information content (AvgIpc) is 3.26. The van der Waals surface area contributed by atoms with E-state index in [1.807, 2.05) is 12.1 Å². The molecule has 2 aromatic heterocycles. The Kier molecular flexibility index (Phi) is 4.38. The molecule has 0 amide bonds. The third kappa shape index (κ3) is 3.50. The molecule has 3 heterocycles. The van der Waals surface area contributed by atoms with Crippen LogP contribution in [-0.2, 0) is 19.5 Å². The smallest absolute Gasteiger partial charge is 0.283 e. The summed E-state index contributed by atoms with van der Waals surface area (Å²) in [5, 5.41) is 8.18. The molecule has 0 saturated heterocycles. The first-order chi connectivity index (χ1) is 12.2. The minimum atomic E-state index is 0.428. The predicted molar refractivity (Wildman–Crippen MR) is 93.7 cm³/mol. The maximum Gasteiger partial charge on any atom is 0.283 e. The molecule has 6 nitrogen and oxygen atoms in total. The molecule has 1 aromatic carbocycles. The lowest BCUT2D eigenvalue weighted by atomic mass is 9.94. The molecule has 1 aliphatic rings. The van der Waals surface area contributed by atoms with E-state index in [4.69, 9.17) is 8.83 Å². The first kappa shape index (κ1) is 16.1. The predicted octanol–water partition coefficient (Wildman–Crippen LogP) is 2.82. The third-order valence-electron chi connectivity index (χ3n) is 4.74. The monoisotopic (exact) mass is 338 g/mol. The number of benzene rings is 1. The van der Waals surface area contributed by atoms with Gasteiger partial charge >= 0.3 is 0 Å². The Hall–Kier alpha value is -2.44. The highest BCUT2D eigenvalue weighted by Crippen LogP contribution is 2.23. The zero-order valence-electron chi connectivity index (χ0n) is 14.6. The highest BCUT2D eigenvalue weighted by Gasteiger charge is 2.24. The fourth-order valence-electron chi connectivity index (χ4n) is 3.39. The summed E-state index contributed by atoms with van der Waals surface area (Å²) >= 11 is 0. The van der Waals surface area contributed by atoms with Crippen molar-refractivity contribution < 1.29 is 8.83 Å². The number of aromatic nitrogens is 2. The van der Waals surface area contributed by atoms with Gasteiger partial charge < -0.3 is 8.83 Å². The van der Waals surface area contributed by atoms with Gasteiger partial charge in [-0.15, -0.1) is 10.2 Å². The molecule has 6 heteroatoms. The van der Waals surface area contributed by atoms with E-state index in [-0.39, 0.29) is 0 Å². The fraction of sp³-hybridized carbons (Fsp3) is 0.368. The highest BCUT2D eigenvalue weighted by molar-refractivity contribution is 5.42. The quantitative estimate of drug-likeness (QED) is 0.713. The molecule has 0 bridgehead atoms. The Morgan fingerprint density at radius 3 is 2.80 bits per heavy atom. The van der Waals surface area contributed by atoms with Crippen molar-refractivity contribution in [1.82, 2.24) is 20.0 Å². The van der Waals surface area contributed by atoms with E-state index in [1.165, 1.54) is 11.1 Å². The molecular weight excluding hydrogens is 316 g/mol. The lowest BCUT2D eigenvalue weighted by Gasteiger charge is -2.36. The molecule has 3 aromatic rings. The molecular formula is C19H22N4O2. The molecule has 4 rings (SSSR count). The van der Waals surface area contributed by atoms with Crippen molar-refractivity contribution in [2.75, 3.05) is 20.6 Å². The largest absolute Gasteiger partial charge is 0.459 e. The maximum absolute atomic E-state index is 5.70. The summed E-state index contributed by atoms with van der Waals surface area (Å²) in [6.45, 7) is 2.57. The Bertz CT molecular complexity index is 828. The molecule has 1 atom stereocenters. The summed E-state index contributed by atoms with van der Waals surface area (Å²) in [7, 11) is 4.28. The summed E-state index contributed by atoms with van der Waals surface area (Å²) in [5.74, 6) is 1.63. The van der Waals surface area contributed by atoms with Gasteiger partial charge in [0.2, 0.25) is 5.89 Å². The second-order valence-corrected chi connectivity index (χ2v) is 6.72. The number of fused-ring (bicyclic) bond motifs is 1. The zero-order chi connectivity index (χ0) is 17.2. The number of hydrogen-bond acceptors (Lipinski definition) is 6. The van der Waals surface area contributed by atoms with Crippen molar-refractivity contribution in [1.29, 1.82) is 0 Å². The Morgan fingerprint density at radius 2 is 2.00 bits per heavy atom. The van der Waals surface area contributed by atoms with Crippen LogP contribution in [-0.4, -0.2) is 46.7 Å². The number of likely N-dealkylation sites (N-methyl/N-ethyl adjacent to an activating group) is 2. The molecule has 0 radical (unpaired) electrons. The summed E-state index contributed by atoms with van der Waals surface area (Å²) in [6, 6.07) is 12.8. The molecule has 25 heavy (non-hydrogen) atoms. The molecule has 1 aliphatic heterocycles. The van der Waals surface area contributed by atoms with Crippen molar-refractivity contribution >= 4 is 0 Å². The van der Waals surface area contributed by atoms with E-state index in [0.29, 0.717) is 30.1 Å². The number of nitrogens with zero attached hydrogens (tertiary/aromatic N) is 4. The van der Waals surface area contributed by atoms with Crippen LogP contribution in [0.2, 0.25) is 0 Å². The van der Waals surface area contributed by atoms with Gasteiger partial charge in [0.05, 0.1) is 12.8 Å². The average molecular weight is 338 g/mol. The van der Waals surface area contributed by atoms with Gasteiger partial charge in [0.1, 0.15) is 0 Å². The van der Waals surface area contributed by atoms with Crippen LogP contribution in [0.4, 0.5) is 0 Å². The van der Waals surface area contributed by atoms with E-state index in [2.05, 4.69) is 58.4 Å². The molecule has 0 aliphatic carbocycles. The lowest BCUT2D eigenvalue weighted by Crippen LogP contribution is -2.44. The van der Waals surface area contributed by atoms with Crippen molar-refractivity contribution in [3.63, 3.8) is 0 Å². The van der Waals surface area contributed by atoms with Crippen LogP contribution in [0.15, 0.2) is 51.5 Å². The fourth-order valence-corrected chi connectivity index (χ4v) is 3.39. The van der Waals surface area contributed by atoms with Crippen LogP contribution in [0, 0.1) is 0 Å². The standard InChI is InChI=1S/C19H22N4O2/c1-22(13-18-20-21-19(25-18)17-8-5-9-24-17)12-16-10-14-6-3-4-7-15(14)11-23(16)2/h3-9,16H,10-13H2,1-2H3. The van der Waals surface area contributed by atoms with Gasteiger partial charge in [-0.25, -0.2) is 0 Å². The van der Waals surface area contributed by atoms with E-state index >= 15 is 0 Å². The van der Waals surface area contributed by atoms with Crippen LogP contribution < -0.4 is 0 Å². The molecule has 1 unspecified atom stereocenters. The zero-order valence-corrected chi connectivity index (χ0v) is 14.6. The lowest BCUT2D eigenvalue weighted by molar-refractivity contribution is 0.153. The van der Waals surface area contributed by atoms with Gasteiger partial charge in [0, 0.05) is 19.1 Å². The Balaban J connectivity index is 1.38. The van der Waals surface area contributed by atoms with Gasteiger partial charge in [-0.3, -0.25) is 9.80 Å². The highest BCUT2D eigenvalue weighted by atomic mass is 16.4. The Morgan fingerprint density at radius 1 is 1.16 bits per heavy atom. The summed E-state index contributed by atoms with van der Waals surface area (Å²) < 4.78 is 11.0. The summed E-state index contributed by atoms with van der Waals surface area (Å²) in [6.07, 6.45) is 2.67. The summed E-state index contributed by atoms with van der Waals surface area (Å²) in [5.41, 5.74) is 2.89. The minimum absolute atomic E-state index is 0.428. The second-order valence-electron chi connectivity index (χ2n) is 6.72. The molecule has 0 saturated carbocycles. The van der Waals surface area contributed by atoms with Crippen LogP contribution in [0.25, 0.3) is 11.7 Å². The molecule has 0 spiro atoms. The first-order valence-corrected chi connectivity index (χ1v) is 8.51. The maximum atomic E-state index is 5.70. The SMILES string of the molecule is CN(Cc1nnc(-c2ccco2)o1)CC1Cc2ccccc2CN1C. The van der Waals surface area contributed by atoms with Gasteiger partial charge in [-0.1, -0.05) is 24.3 Å². The first-order valence-electron chi connectivity index (χ1n) is 8.51. The number of furan rings is 1. The normalized spacial score (nSPS) is 17.8. The van der Waals surface area contributed by atoms with Gasteiger partial charge in [0.25, 0.3) is 5.89 Å². The van der Waals surface area contributed by atoms with Gasteiger partial charge in [-0.2, -0.15) is 0 Å². The number of hydrogen-bond donors (Lipinski definition) is 0. The second kappa shape index (κ2) is 6.82. The van der Waals surface area contributed by atoms with Crippen LogP contribution >= 0.6 is 0 Å². The van der Waals surface area contributed by atoms with E-state index in [9.17, 15) is 0 Å². The Labute approximate surface area is 147 Å². The molecule has 0 N–H and O–H groups in total. The van der Waals surface area contributed by atoms with Crippen molar-refractivity contribution in [2.24, 2.45) is 0 Å². The minimum Gasteiger partial charge on any atom is -0.459 e. The number of rotatable bonds is 5. The van der Waals surface area contributed by atoms with E-state index < -0.39 is 0 Å². The van der Waals surface area contributed by atoms with Gasteiger partial charge in [-0.05, 0) is 43.8 Å². The van der Waals surface area contributed by atoms with Gasteiger partial charge in [0.15, 0.2) is 5.76 Å². The topological polar surface area (TPSA) is 58.5 Å². The van der Waals surface area contributed by atoms with Crippen LogP contribution in [0.1, 0.15) is 17.0 Å². The van der Waals surface area contributed by atoms with Crippen LogP contribution in [0.3, 0.4) is 0 Å². The van der Waals surface area contributed by atoms with Crippen LogP contribution in [0.5, 0.6) is 0 Å². The van der Waals surface area contributed by atoms with Crippen molar-refractivity contribution in [3.8, 4) is 11.7 Å². The van der Waals surface area contributed by atoms with E-state index in [1.54, 1.807) is 6.26 Å². The van der Waals surface area contributed by atoms with E-state index in [0.717, 1.165) is 19.5 Å². The summed E-state index contributed by atoms with van der Waals surface area (Å²) in [4.78, 5) is 4.65. The van der Waals surface area contributed by atoms with Crippen molar-refractivity contribution in [2.45, 2.75) is 25.6 Å². The molecule has 0 fully saturated rings. The third-order valence-corrected chi connectivity index (χ3v) is 4.74. The van der Waals surface area contributed by atoms with Crippen molar-refractivity contribution in [3.05, 3.63) is 59.7 Å². The molecule has 130 valence electrons.